The van der Waals surface area contributed by atoms with E-state index in [2.05, 4.69) is 5.16 Å². The van der Waals surface area contributed by atoms with E-state index in [1.807, 2.05) is 6.92 Å². The number of carbonyl (C=O) groups is 1. The number of carboxylic acid groups (broad SMARTS) is 1. The predicted molar refractivity (Wildman–Crippen MR) is 73.7 cm³/mol. The molecule has 0 aliphatic carbocycles. The molecule has 0 unspecified atom stereocenters. The largest absolute Gasteiger partial charge is 0.483 e. The summed E-state index contributed by atoms with van der Waals surface area (Å²) in [6, 6.07) is 6.85. The van der Waals surface area contributed by atoms with E-state index in [4.69, 9.17) is 26.0 Å². The van der Waals surface area contributed by atoms with E-state index >= 15 is 0 Å². The Balaban J connectivity index is 2.19. The molecule has 0 radical (unpaired) electrons. The molecule has 5 nitrogen and oxygen atoms in total. The summed E-state index contributed by atoms with van der Waals surface area (Å²) in [4.78, 5) is 10.6. The van der Waals surface area contributed by atoms with Crippen molar-refractivity contribution in [3.8, 4) is 5.75 Å². The molecule has 0 spiro atoms. The number of hydrogen-bond acceptors (Lipinski definition) is 4. The predicted octanol–water partition coefficient (Wildman–Crippen LogP) is 3.31. The van der Waals surface area contributed by atoms with Crippen LogP contribution in [0, 0.1) is 6.92 Å². The summed E-state index contributed by atoms with van der Waals surface area (Å²) >= 11 is 6.06. The van der Waals surface area contributed by atoms with Gasteiger partial charge >= 0.3 is 5.97 Å². The van der Waals surface area contributed by atoms with Gasteiger partial charge in [-0.3, -0.25) is 0 Å². The number of para-hydroxylation sites is 1. The molecule has 1 N–H and O–H groups in total. The molecule has 0 fully saturated rings. The second kappa shape index (κ2) is 6.25. The summed E-state index contributed by atoms with van der Waals surface area (Å²) in [5.74, 6) is -0.0712. The zero-order valence-corrected chi connectivity index (χ0v) is 11.4. The van der Waals surface area contributed by atoms with E-state index in [1.165, 1.54) is 6.08 Å². The van der Waals surface area contributed by atoms with E-state index in [-0.39, 0.29) is 6.61 Å². The molecular formula is C14H12ClNO4. The number of aryl methyl sites for hydroxylation is 1. The Labute approximate surface area is 120 Å². The maximum Gasteiger partial charge on any atom is 0.328 e. The van der Waals surface area contributed by atoms with E-state index < -0.39 is 5.97 Å². The molecule has 0 atom stereocenters. The van der Waals surface area contributed by atoms with Crippen LogP contribution < -0.4 is 4.74 Å². The molecule has 20 heavy (non-hydrogen) atoms. The molecule has 1 heterocycles. The maximum absolute atomic E-state index is 10.6. The first-order valence-electron chi connectivity index (χ1n) is 5.81. The number of rotatable bonds is 5. The van der Waals surface area contributed by atoms with Crippen molar-refractivity contribution in [2.45, 2.75) is 13.5 Å². The molecule has 1 aromatic heterocycles. The Morgan fingerprint density at radius 3 is 3.00 bits per heavy atom. The van der Waals surface area contributed by atoms with Crippen LogP contribution in [-0.4, -0.2) is 16.2 Å². The Morgan fingerprint density at radius 2 is 2.35 bits per heavy atom. The van der Waals surface area contributed by atoms with Crippen molar-refractivity contribution in [1.29, 1.82) is 0 Å². The van der Waals surface area contributed by atoms with Crippen molar-refractivity contribution < 1.29 is 19.2 Å². The first-order chi connectivity index (χ1) is 9.56. The number of aromatic nitrogens is 1. The summed E-state index contributed by atoms with van der Waals surface area (Å²) in [7, 11) is 0. The van der Waals surface area contributed by atoms with Crippen LogP contribution in [0.25, 0.3) is 6.08 Å². The molecule has 1 aromatic carbocycles. The highest BCUT2D eigenvalue weighted by Crippen LogP contribution is 2.30. The van der Waals surface area contributed by atoms with Gasteiger partial charge < -0.3 is 14.4 Å². The molecule has 0 aliphatic rings. The van der Waals surface area contributed by atoms with Gasteiger partial charge in [-0.2, -0.15) is 0 Å². The third kappa shape index (κ3) is 3.61. The SMILES string of the molecule is Cc1cc(COc2c(Cl)cccc2/C=C/C(=O)O)on1. The number of hydrogen-bond donors (Lipinski definition) is 1. The first kappa shape index (κ1) is 14.1. The second-order valence-electron chi connectivity index (χ2n) is 4.05. The third-order valence-corrected chi connectivity index (χ3v) is 2.74. The number of nitrogens with zero attached hydrogens (tertiary/aromatic N) is 1. The lowest BCUT2D eigenvalue weighted by atomic mass is 10.2. The number of benzene rings is 1. The van der Waals surface area contributed by atoms with Gasteiger partial charge in [0.1, 0.15) is 12.4 Å². The van der Waals surface area contributed by atoms with Crippen molar-refractivity contribution in [2.24, 2.45) is 0 Å². The Kier molecular flexibility index (Phi) is 4.42. The summed E-state index contributed by atoms with van der Waals surface area (Å²) in [5, 5.41) is 12.8. The summed E-state index contributed by atoms with van der Waals surface area (Å²) < 4.78 is 10.6. The zero-order valence-electron chi connectivity index (χ0n) is 10.7. The van der Waals surface area contributed by atoms with Gasteiger partial charge in [-0.05, 0) is 19.1 Å². The number of ether oxygens (including phenoxy) is 1. The van der Waals surface area contributed by atoms with E-state index in [9.17, 15) is 4.79 Å². The molecule has 2 rings (SSSR count). The van der Waals surface area contributed by atoms with Crippen molar-refractivity contribution in [1.82, 2.24) is 5.16 Å². The Morgan fingerprint density at radius 1 is 1.55 bits per heavy atom. The fraction of sp³-hybridized carbons (Fsp3) is 0.143. The van der Waals surface area contributed by atoms with E-state index in [0.717, 1.165) is 11.8 Å². The van der Waals surface area contributed by atoms with Crippen LogP contribution in [0.2, 0.25) is 5.02 Å². The minimum Gasteiger partial charge on any atom is -0.483 e. The van der Waals surface area contributed by atoms with Crippen LogP contribution in [0.3, 0.4) is 0 Å². The van der Waals surface area contributed by atoms with Crippen LogP contribution >= 0.6 is 11.6 Å². The zero-order chi connectivity index (χ0) is 14.5. The number of halogens is 1. The van der Waals surface area contributed by atoms with Gasteiger partial charge in [-0.25, -0.2) is 4.79 Å². The van der Waals surface area contributed by atoms with Gasteiger partial charge in [0.05, 0.1) is 10.7 Å². The minimum atomic E-state index is -1.04. The molecule has 0 saturated heterocycles. The highest BCUT2D eigenvalue weighted by molar-refractivity contribution is 6.32. The van der Waals surface area contributed by atoms with Gasteiger partial charge in [-0.1, -0.05) is 28.9 Å². The summed E-state index contributed by atoms with van der Waals surface area (Å²) in [6.45, 7) is 1.97. The summed E-state index contributed by atoms with van der Waals surface area (Å²) in [6.07, 6.45) is 2.45. The molecule has 0 bridgehead atoms. The monoisotopic (exact) mass is 293 g/mol. The van der Waals surface area contributed by atoms with Crippen molar-refractivity contribution in [3.05, 3.63) is 52.4 Å². The number of carboxylic acids is 1. The van der Waals surface area contributed by atoms with Gasteiger partial charge in [0.2, 0.25) is 0 Å². The minimum absolute atomic E-state index is 0.165. The molecule has 0 aliphatic heterocycles. The number of aliphatic carboxylic acids is 1. The van der Waals surface area contributed by atoms with Crippen molar-refractivity contribution in [2.75, 3.05) is 0 Å². The molecule has 2 aromatic rings. The normalized spacial score (nSPS) is 10.9. The average molecular weight is 294 g/mol. The van der Waals surface area contributed by atoms with Crippen molar-refractivity contribution in [3.63, 3.8) is 0 Å². The summed E-state index contributed by atoms with van der Waals surface area (Å²) in [5.41, 5.74) is 1.34. The smallest absolute Gasteiger partial charge is 0.328 e. The highest BCUT2D eigenvalue weighted by atomic mass is 35.5. The second-order valence-corrected chi connectivity index (χ2v) is 4.46. The van der Waals surface area contributed by atoms with Gasteiger partial charge in [0.15, 0.2) is 5.76 Å². The van der Waals surface area contributed by atoms with Crippen LogP contribution in [0.15, 0.2) is 34.9 Å². The lowest BCUT2D eigenvalue weighted by molar-refractivity contribution is -0.131. The topological polar surface area (TPSA) is 72.6 Å². The van der Waals surface area contributed by atoms with Crippen LogP contribution in [0.4, 0.5) is 0 Å². The lowest BCUT2D eigenvalue weighted by Gasteiger charge is -2.09. The molecule has 6 heteroatoms. The van der Waals surface area contributed by atoms with E-state index in [1.54, 1.807) is 24.3 Å². The Hall–Kier alpha value is -2.27. The molecule has 104 valence electrons. The maximum atomic E-state index is 10.6. The van der Waals surface area contributed by atoms with E-state index in [0.29, 0.717) is 22.1 Å². The highest BCUT2D eigenvalue weighted by Gasteiger charge is 2.09. The van der Waals surface area contributed by atoms with Crippen LogP contribution in [-0.2, 0) is 11.4 Å². The standard InChI is InChI=1S/C14H12ClNO4/c1-9-7-11(20-16-9)8-19-14-10(5-6-13(17)18)3-2-4-12(14)15/h2-7H,8H2,1H3,(H,17,18)/b6-5+. The molecule has 0 saturated carbocycles. The quantitative estimate of drug-likeness (QED) is 0.856. The van der Waals surface area contributed by atoms with Gasteiger partial charge in [-0.15, -0.1) is 0 Å². The van der Waals surface area contributed by atoms with Gasteiger partial charge in [0.25, 0.3) is 0 Å². The molecule has 0 amide bonds. The molecular weight excluding hydrogens is 282 g/mol. The van der Waals surface area contributed by atoms with Gasteiger partial charge in [0, 0.05) is 17.7 Å². The fourth-order valence-corrected chi connectivity index (χ4v) is 1.83. The lowest BCUT2D eigenvalue weighted by Crippen LogP contribution is -1.97. The fourth-order valence-electron chi connectivity index (χ4n) is 1.60. The van der Waals surface area contributed by atoms with Crippen molar-refractivity contribution >= 4 is 23.6 Å². The van der Waals surface area contributed by atoms with Crippen LogP contribution in [0.5, 0.6) is 5.75 Å². The first-order valence-corrected chi connectivity index (χ1v) is 6.18. The Bertz CT molecular complexity index is 648. The third-order valence-electron chi connectivity index (χ3n) is 2.44. The average Bonchev–Trinajstić information content (AvgIpc) is 2.81. The van der Waals surface area contributed by atoms with Crippen LogP contribution in [0.1, 0.15) is 17.0 Å².